The Bertz CT molecular complexity index is 833. The number of piperidine rings is 1. The standard InChI is InChI=1S/C23H29FN2O2S/c24-19-13-16(7-8-20(19)26-11-9-18(27)10-12-26)15-25-23(28)22-14-17-5-3-1-2-4-6-21(17)29-22/h7-8,13-14,18,27H,1-6,9-12,15H2,(H,25,28). The summed E-state index contributed by atoms with van der Waals surface area (Å²) >= 11 is 1.61. The first-order valence-electron chi connectivity index (χ1n) is 10.7. The minimum Gasteiger partial charge on any atom is -0.393 e. The van der Waals surface area contributed by atoms with Gasteiger partial charge in [-0.25, -0.2) is 4.39 Å². The maximum absolute atomic E-state index is 14.6. The molecule has 6 heteroatoms. The molecule has 2 aromatic rings. The van der Waals surface area contributed by atoms with E-state index in [-0.39, 0.29) is 17.8 Å². The molecular formula is C23H29FN2O2S. The van der Waals surface area contributed by atoms with Gasteiger partial charge in [0.2, 0.25) is 0 Å². The molecule has 0 saturated carbocycles. The molecule has 1 aliphatic carbocycles. The van der Waals surface area contributed by atoms with E-state index in [9.17, 15) is 14.3 Å². The molecule has 4 nitrogen and oxygen atoms in total. The highest BCUT2D eigenvalue weighted by atomic mass is 32.1. The van der Waals surface area contributed by atoms with Crippen LogP contribution in [0.15, 0.2) is 24.3 Å². The number of fused-ring (bicyclic) bond motifs is 1. The second-order valence-electron chi connectivity index (χ2n) is 8.16. The van der Waals surface area contributed by atoms with Crippen molar-refractivity contribution in [2.75, 3.05) is 18.0 Å². The topological polar surface area (TPSA) is 52.6 Å². The first kappa shape index (κ1) is 20.4. The van der Waals surface area contributed by atoms with Gasteiger partial charge in [-0.3, -0.25) is 4.79 Å². The van der Waals surface area contributed by atoms with E-state index in [2.05, 4.69) is 11.4 Å². The SMILES string of the molecule is O=C(NCc1ccc(N2CCC(O)CC2)c(F)c1)c1cc2c(s1)CCCCCC2. The Morgan fingerprint density at radius 1 is 1.14 bits per heavy atom. The van der Waals surface area contributed by atoms with Crippen LogP contribution < -0.4 is 10.2 Å². The quantitative estimate of drug-likeness (QED) is 0.775. The van der Waals surface area contributed by atoms with E-state index in [1.807, 2.05) is 11.0 Å². The third kappa shape index (κ3) is 4.98. The first-order chi connectivity index (χ1) is 14.1. The van der Waals surface area contributed by atoms with Crippen LogP contribution in [0.5, 0.6) is 0 Å². The summed E-state index contributed by atoms with van der Waals surface area (Å²) in [7, 11) is 0. The van der Waals surface area contributed by atoms with E-state index in [4.69, 9.17) is 0 Å². The highest BCUT2D eigenvalue weighted by Crippen LogP contribution is 2.29. The third-order valence-electron chi connectivity index (χ3n) is 5.99. The molecule has 29 heavy (non-hydrogen) atoms. The lowest BCUT2D eigenvalue weighted by Gasteiger charge is -2.31. The number of aliphatic hydroxyl groups is 1. The summed E-state index contributed by atoms with van der Waals surface area (Å²) in [4.78, 5) is 16.7. The van der Waals surface area contributed by atoms with Gasteiger partial charge in [0.15, 0.2) is 0 Å². The molecular weight excluding hydrogens is 387 g/mol. The Morgan fingerprint density at radius 2 is 1.90 bits per heavy atom. The summed E-state index contributed by atoms with van der Waals surface area (Å²) in [5.41, 5.74) is 2.67. The summed E-state index contributed by atoms with van der Waals surface area (Å²) < 4.78 is 14.6. The average Bonchev–Trinajstić information content (AvgIpc) is 3.09. The van der Waals surface area contributed by atoms with E-state index in [1.165, 1.54) is 42.2 Å². The van der Waals surface area contributed by atoms with E-state index in [0.717, 1.165) is 23.3 Å². The number of anilines is 1. The van der Waals surface area contributed by atoms with Gasteiger partial charge in [0, 0.05) is 24.5 Å². The number of aryl methyl sites for hydroxylation is 2. The molecule has 2 aliphatic rings. The maximum atomic E-state index is 14.6. The van der Waals surface area contributed by atoms with Crippen LogP contribution >= 0.6 is 11.3 Å². The lowest BCUT2D eigenvalue weighted by molar-refractivity contribution is 0.0955. The highest BCUT2D eigenvalue weighted by molar-refractivity contribution is 7.14. The molecule has 2 heterocycles. The van der Waals surface area contributed by atoms with E-state index in [0.29, 0.717) is 38.2 Å². The van der Waals surface area contributed by atoms with Crippen LogP contribution in [0.2, 0.25) is 0 Å². The molecule has 0 atom stereocenters. The molecule has 1 fully saturated rings. The van der Waals surface area contributed by atoms with E-state index >= 15 is 0 Å². The molecule has 1 aromatic carbocycles. The van der Waals surface area contributed by atoms with Crippen LogP contribution in [-0.2, 0) is 19.4 Å². The Balaban J connectivity index is 1.37. The van der Waals surface area contributed by atoms with Gasteiger partial charge in [0.25, 0.3) is 5.91 Å². The molecule has 1 aliphatic heterocycles. The number of aliphatic hydroxyl groups excluding tert-OH is 1. The van der Waals surface area contributed by atoms with Crippen LogP contribution in [0.25, 0.3) is 0 Å². The Labute approximate surface area is 175 Å². The fraction of sp³-hybridized carbons (Fsp3) is 0.522. The van der Waals surface area contributed by atoms with Crippen LogP contribution in [-0.4, -0.2) is 30.2 Å². The summed E-state index contributed by atoms with van der Waals surface area (Å²) in [5.74, 6) is -0.344. The van der Waals surface area contributed by atoms with Crippen LogP contribution in [0.4, 0.5) is 10.1 Å². The largest absolute Gasteiger partial charge is 0.393 e. The monoisotopic (exact) mass is 416 g/mol. The second-order valence-corrected chi connectivity index (χ2v) is 9.30. The molecule has 0 unspecified atom stereocenters. The summed E-state index contributed by atoms with van der Waals surface area (Å²) in [5, 5.41) is 12.6. The fourth-order valence-electron chi connectivity index (χ4n) is 4.25. The number of amides is 1. The van der Waals surface area contributed by atoms with Gasteiger partial charge < -0.3 is 15.3 Å². The van der Waals surface area contributed by atoms with Gasteiger partial charge in [-0.15, -0.1) is 11.3 Å². The van der Waals surface area contributed by atoms with Gasteiger partial charge in [-0.1, -0.05) is 18.9 Å². The van der Waals surface area contributed by atoms with Crippen molar-refractivity contribution in [2.45, 2.75) is 64.0 Å². The van der Waals surface area contributed by atoms with Crippen molar-refractivity contribution in [3.05, 3.63) is 51.0 Å². The lowest BCUT2D eigenvalue weighted by atomic mass is 10.00. The number of hydrogen-bond acceptors (Lipinski definition) is 4. The van der Waals surface area contributed by atoms with Crippen molar-refractivity contribution in [1.82, 2.24) is 5.32 Å². The normalized spacial score (nSPS) is 18.1. The number of hydrogen-bond donors (Lipinski definition) is 2. The Hall–Kier alpha value is -1.92. The zero-order valence-electron chi connectivity index (χ0n) is 16.8. The van der Waals surface area contributed by atoms with Gasteiger partial charge in [0.1, 0.15) is 5.82 Å². The van der Waals surface area contributed by atoms with Crippen LogP contribution in [0.1, 0.15) is 64.2 Å². The zero-order chi connectivity index (χ0) is 20.2. The molecule has 1 amide bonds. The summed E-state index contributed by atoms with van der Waals surface area (Å²) in [6.45, 7) is 1.64. The van der Waals surface area contributed by atoms with Crippen molar-refractivity contribution in [2.24, 2.45) is 0 Å². The number of nitrogens with zero attached hydrogens (tertiary/aromatic N) is 1. The molecule has 0 bridgehead atoms. The van der Waals surface area contributed by atoms with Crippen molar-refractivity contribution < 1.29 is 14.3 Å². The van der Waals surface area contributed by atoms with Crippen molar-refractivity contribution in [3.8, 4) is 0 Å². The highest BCUT2D eigenvalue weighted by Gasteiger charge is 2.20. The third-order valence-corrected chi connectivity index (χ3v) is 7.23. The molecule has 156 valence electrons. The number of carbonyl (C=O) groups is 1. The van der Waals surface area contributed by atoms with Crippen molar-refractivity contribution in [1.29, 1.82) is 0 Å². The predicted molar refractivity (Wildman–Crippen MR) is 115 cm³/mol. The first-order valence-corrected chi connectivity index (χ1v) is 11.5. The average molecular weight is 417 g/mol. The molecule has 1 saturated heterocycles. The summed E-state index contributed by atoms with van der Waals surface area (Å²) in [6.07, 6.45) is 8.16. The maximum Gasteiger partial charge on any atom is 0.261 e. The number of carbonyl (C=O) groups excluding carboxylic acids is 1. The predicted octanol–water partition coefficient (Wildman–Crippen LogP) is 4.44. The number of thiophene rings is 1. The molecule has 0 radical (unpaired) electrons. The number of nitrogens with one attached hydrogen (secondary N) is 1. The Morgan fingerprint density at radius 3 is 2.66 bits per heavy atom. The molecule has 4 rings (SSSR count). The number of rotatable bonds is 4. The van der Waals surface area contributed by atoms with E-state index < -0.39 is 0 Å². The smallest absolute Gasteiger partial charge is 0.261 e. The number of halogens is 1. The molecule has 0 spiro atoms. The lowest BCUT2D eigenvalue weighted by Crippen LogP contribution is -2.36. The summed E-state index contributed by atoms with van der Waals surface area (Å²) in [6, 6.07) is 7.21. The Kier molecular flexibility index (Phi) is 6.50. The molecule has 1 aromatic heterocycles. The van der Waals surface area contributed by atoms with Gasteiger partial charge in [-0.05, 0) is 67.9 Å². The number of benzene rings is 1. The zero-order valence-corrected chi connectivity index (χ0v) is 17.6. The van der Waals surface area contributed by atoms with Gasteiger partial charge in [0.05, 0.1) is 16.7 Å². The van der Waals surface area contributed by atoms with E-state index in [1.54, 1.807) is 17.4 Å². The van der Waals surface area contributed by atoms with Crippen molar-refractivity contribution in [3.63, 3.8) is 0 Å². The van der Waals surface area contributed by atoms with Gasteiger partial charge >= 0.3 is 0 Å². The van der Waals surface area contributed by atoms with Gasteiger partial charge in [-0.2, -0.15) is 0 Å². The van der Waals surface area contributed by atoms with Crippen molar-refractivity contribution >= 4 is 22.9 Å². The molecule has 2 N–H and O–H groups in total. The minimum atomic E-state index is -0.277. The second kappa shape index (κ2) is 9.26. The van der Waals surface area contributed by atoms with Crippen LogP contribution in [0, 0.1) is 5.82 Å². The fourth-order valence-corrected chi connectivity index (χ4v) is 5.42. The van der Waals surface area contributed by atoms with Crippen LogP contribution in [0.3, 0.4) is 0 Å². The minimum absolute atomic E-state index is 0.0729.